The van der Waals surface area contributed by atoms with E-state index in [0.29, 0.717) is 24.0 Å². The van der Waals surface area contributed by atoms with Crippen molar-refractivity contribution in [1.29, 1.82) is 0 Å². The van der Waals surface area contributed by atoms with Gasteiger partial charge in [0.1, 0.15) is 11.5 Å². The Labute approximate surface area is 208 Å². The standard InChI is InChI=1S/C30H36O5/c1-17-12-18(2)29-22(13-17)11-10-21(23(29)8-6-7-9-28(32)33)15-27-30-24(14-19(3)35-27)20(4)25(31)16-26(30)34-5/h6-11,16-19,27,31H,12-15H2,1-5H3,(H,32,33)/b8-6+,9-7+/t17-,18+,19-,27-/m0/s1. The van der Waals surface area contributed by atoms with Gasteiger partial charge >= 0.3 is 5.97 Å². The molecule has 0 unspecified atom stereocenters. The molecule has 2 aliphatic rings. The number of carboxylic acids is 1. The van der Waals surface area contributed by atoms with Gasteiger partial charge in [0.25, 0.3) is 0 Å². The van der Waals surface area contributed by atoms with Crippen LogP contribution in [0.2, 0.25) is 0 Å². The summed E-state index contributed by atoms with van der Waals surface area (Å²) >= 11 is 0. The van der Waals surface area contributed by atoms with Crippen LogP contribution >= 0.6 is 0 Å². The maximum absolute atomic E-state index is 11.0. The van der Waals surface area contributed by atoms with Crippen LogP contribution in [0.4, 0.5) is 0 Å². The first-order chi connectivity index (χ1) is 16.7. The number of hydrogen-bond donors (Lipinski definition) is 2. The summed E-state index contributed by atoms with van der Waals surface area (Å²) in [5, 5.41) is 19.4. The van der Waals surface area contributed by atoms with Crippen molar-refractivity contribution in [2.75, 3.05) is 7.11 Å². The molecule has 5 heteroatoms. The van der Waals surface area contributed by atoms with Gasteiger partial charge in [-0.15, -0.1) is 0 Å². The van der Waals surface area contributed by atoms with Gasteiger partial charge < -0.3 is 19.7 Å². The van der Waals surface area contributed by atoms with Crippen molar-refractivity contribution in [1.82, 2.24) is 0 Å². The number of allylic oxidation sites excluding steroid dienone is 2. The van der Waals surface area contributed by atoms with E-state index in [4.69, 9.17) is 14.6 Å². The van der Waals surface area contributed by atoms with Crippen LogP contribution in [0.5, 0.6) is 11.5 Å². The van der Waals surface area contributed by atoms with Crippen LogP contribution in [0.1, 0.15) is 78.2 Å². The van der Waals surface area contributed by atoms with Gasteiger partial charge in [-0.1, -0.05) is 44.2 Å². The second-order valence-corrected chi connectivity index (χ2v) is 10.2. The van der Waals surface area contributed by atoms with Gasteiger partial charge in [-0.25, -0.2) is 4.79 Å². The highest BCUT2D eigenvalue weighted by atomic mass is 16.5. The van der Waals surface area contributed by atoms with E-state index >= 15 is 0 Å². The van der Waals surface area contributed by atoms with Crippen molar-refractivity contribution in [2.45, 2.75) is 71.5 Å². The van der Waals surface area contributed by atoms with Gasteiger partial charge in [0.05, 0.1) is 19.3 Å². The first kappa shape index (κ1) is 25.1. The summed E-state index contributed by atoms with van der Waals surface area (Å²) in [6, 6.07) is 6.15. The molecule has 0 amide bonds. The third-order valence-corrected chi connectivity index (χ3v) is 7.43. The third-order valence-electron chi connectivity index (χ3n) is 7.43. The summed E-state index contributed by atoms with van der Waals surface area (Å²) in [4.78, 5) is 11.0. The molecule has 4 rings (SSSR count). The Morgan fingerprint density at radius 3 is 2.66 bits per heavy atom. The molecule has 2 aromatic rings. The van der Waals surface area contributed by atoms with Crippen LogP contribution in [-0.2, 0) is 28.8 Å². The van der Waals surface area contributed by atoms with E-state index in [1.807, 2.05) is 19.1 Å². The first-order valence-corrected chi connectivity index (χ1v) is 12.5. The molecule has 2 N–H and O–H groups in total. The Hall–Kier alpha value is -3.05. The molecule has 0 aromatic heterocycles. The highest BCUT2D eigenvalue weighted by Gasteiger charge is 2.32. The number of fused-ring (bicyclic) bond motifs is 2. The van der Waals surface area contributed by atoms with Crippen LogP contribution in [0.15, 0.2) is 36.4 Å². The molecular formula is C30H36O5. The average Bonchev–Trinajstić information content (AvgIpc) is 2.79. The molecule has 186 valence electrons. The molecule has 4 atom stereocenters. The average molecular weight is 477 g/mol. The molecule has 0 radical (unpaired) electrons. The fourth-order valence-electron chi connectivity index (χ4n) is 5.97. The summed E-state index contributed by atoms with van der Waals surface area (Å²) in [6.07, 6.45) is 9.99. The van der Waals surface area contributed by atoms with Crippen LogP contribution in [0.25, 0.3) is 6.08 Å². The lowest BCUT2D eigenvalue weighted by atomic mass is 9.74. The number of phenolic OH excluding ortho intramolecular Hbond substituents is 1. The molecule has 1 aliphatic heterocycles. The van der Waals surface area contributed by atoms with Crippen molar-refractivity contribution < 1.29 is 24.5 Å². The minimum Gasteiger partial charge on any atom is -0.508 e. The topological polar surface area (TPSA) is 76.0 Å². The van der Waals surface area contributed by atoms with Crippen molar-refractivity contribution in [3.8, 4) is 11.5 Å². The van der Waals surface area contributed by atoms with E-state index in [9.17, 15) is 9.90 Å². The Balaban J connectivity index is 1.81. The number of aromatic hydroxyl groups is 1. The van der Waals surface area contributed by atoms with E-state index in [1.165, 1.54) is 16.7 Å². The van der Waals surface area contributed by atoms with Gasteiger partial charge in [-0.3, -0.25) is 0 Å². The number of hydrogen-bond acceptors (Lipinski definition) is 4. The van der Waals surface area contributed by atoms with Crippen molar-refractivity contribution in [2.24, 2.45) is 5.92 Å². The van der Waals surface area contributed by atoms with Crippen LogP contribution in [-0.4, -0.2) is 29.4 Å². The normalized spacial score (nSPS) is 23.9. The Morgan fingerprint density at radius 1 is 1.17 bits per heavy atom. The molecule has 35 heavy (non-hydrogen) atoms. The maximum atomic E-state index is 11.0. The number of rotatable bonds is 6. The van der Waals surface area contributed by atoms with E-state index in [-0.39, 0.29) is 18.0 Å². The predicted molar refractivity (Wildman–Crippen MR) is 138 cm³/mol. The van der Waals surface area contributed by atoms with Crippen molar-refractivity contribution in [3.05, 3.63) is 75.4 Å². The van der Waals surface area contributed by atoms with Gasteiger partial charge in [0.2, 0.25) is 0 Å². The number of methoxy groups -OCH3 is 1. The zero-order valence-electron chi connectivity index (χ0n) is 21.3. The van der Waals surface area contributed by atoms with E-state index < -0.39 is 5.97 Å². The second kappa shape index (κ2) is 10.3. The highest BCUT2D eigenvalue weighted by molar-refractivity contribution is 5.80. The zero-order valence-corrected chi connectivity index (χ0v) is 21.3. The SMILES string of the molecule is COc1cc(O)c(C)c2c1[C@H](Cc1ccc3c(c1/C=C/C=C/C(=O)O)[C@H](C)C[C@H](C)C3)O[C@@H](C)C2. The summed E-state index contributed by atoms with van der Waals surface area (Å²) in [6.45, 7) is 8.61. The fraction of sp³-hybridized carbons (Fsp3) is 0.433. The van der Waals surface area contributed by atoms with Crippen molar-refractivity contribution in [3.63, 3.8) is 0 Å². The van der Waals surface area contributed by atoms with Crippen LogP contribution in [0.3, 0.4) is 0 Å². The molecule has 0 saturated carbocycles. The smallest absolute Gasteiger partial charge is 0.328 e. The maximum Gasteiger partial charge on any atom is 0.328 e. The van der Waals surface area contributed by atoms with Crippen molar-refractivity contribution >= 4 is 12.0 Å². The summed E-state index contributed by atoms with van der Waals surface area (Å²) in [5.41, 5.74) is 8.07. The van der Waals surface area contributed by atoms with Gasteiger partial charge in [-0.2, -0.15) is 0 Å². The van der Waals surface area contributed by atoms with E-state index in [0.717, 1.165) is 47.6 Å². The molecule has 0 spiro atoms. The number of benzene rings is 2. The molecular weight excluding hydrogens is 440 g/mol. The Morgan fingerprint density at radius 2 is 1.94 bits per heavy atom. The molecule has 2 aromatic carbocycles. The molecule has 1 heterocycles. The summed E-state index contributed by atoms with van der Waals surface area (Å²) in [7, 11) is 1.63. The van der Waals surface area contributed by atoms with Crippen LogP contribution < -0.4 is 4.74 Å². The van der Waals surface area contributed by atoms with Crippen LogP contribution in [0, 0.1) is 12.8 Å². The minimum atomic E-state index is -0.959. The monoisotopic (exact) mass is 476 g/mol. The van der Waals surface area contributed by atoms with E-state index in [1.54, 1.807) is 19.3 Å². The third kappa shape index (κ3) is 5.15. The lowest BCUT2D eigenvalue weighted by Gasteiger charge is -2.35. The molecule has 5 nitrogen and oxygen atoms in total. The van der Waals surface area contributed by atoms with Gasteiger partial charge in [0.15, 0.2) is 0 Å². The molecule has 0 fully saturated rings. The fourth-order valence-corrected chi connectivity index (χ4v) is 5.97. The predicted octanol–water partition coefficient (Wildman–Crippen LogP) is 6.29. The van der Waals surface area contributed by atoms with Gasteiger partial charge in [0, 0.05) is 24.1 Å². The number of phenols is 1. The second-order valence-electron chi connectivity index (χ2n) is 10.2. The Bertz CT molecular complexity index is 1180. The quantitative estimate of drug-likeness (QED) is 0.378. The largest absolute Gasteiger partial charge is 0.508 e. The highest BCUT2D eigenvalue weighted by Crippen LogP contribution is 2.45. The van der Waals surface area contributed by atoms with Gasteiger partial charge in [-0.05, 0) is 78.3 Å². The minimum absolute atomic E-state index is 0.0209. The lowest BCUT2D eigenvalue weighted by molar-refractivity contribution is -0.131. The summed E-state index contributed by atoms with van der Waals surface area (Å²) < 4.78 is 12.2. The summed E-state index contributed by atoms with van der Waals surface area (Å²) in [5.74, 6) is 1.00. The zero-order chi connectivity index (χ0) is 25.3. The number of carboxylic acid groups (broad SMARTS) is 1. The first-order valence-electron chi connectivity index (χ1n) is 12.5. The Kier molecular flexibility index (Phi) is 7.36. The lowest BCUT2D eigenvalue weighted by Crippen LogP contribution is -2.27. The molecule has 0 saturated heterocycles. The number of aliphatic carboxylic acids is 1. The van der Waals surface area contributed by atoms with E-state index in [2.05, 4.69) is 32.9 Å². The molecule has 0 bridgehead atoms. The number of ether oxygens (including phenoxy) is 2. The molecule has 1 aliphatic carbocycles. The number of carbonyl (C=O) groups is 1.